The van der Waals surface area contributed by atoms with Crippen LogP contribution in [0.3, 0.4) is 0 Å². The van der Waals surface area contributed by atoms with E-state index in [1.54, 1.807) is 0 Å². The van der Waals surface area contributed by atoms with Crippen molar-refractivity contribution in [2.45, 2.75) is 46.6 Å². The van der Waals surface area contributed by atoms with Crippen LogP contribution in [0.1, 0.15) is 41.0 Å². The molecule has 0 aliphatic carbocycles. The topological polar surface area (TPSA) is 9.23 Å². The third kappa shape index (κ3) is 3.44. The van der Waals surface area contributed by atoms with Crippen LogP contribution < -0.4 is 0 Å². The van der Waals surface area contributed by atoms with Crippen LogP contribution >= 0.6 is 11.9 Å². The lowest BCUT2D eigenvalue weighted by atomic mass is 9.85. The smallest absolute Gasteiger partial charge is 0.0894 e. The molecule has 1 nitrogen and oxygen atoms in total. The summed E-state index contributed by atoms with van der Waals surface area (Å²) in [6.07, 6.45) is 1.01. The molecule has 0 aliphatic heterocycles. The molecule has 0 saturated heterocycles. The molecule has 0 N–H and O–H groups in total. The predicted octanol–water partition coefficient (Wildman–Crippen LogP) is 3.62. The van der Waals surface area contributed by atoms with Crippen molar-refractivity contribution in [3.8, 4) is 0 Å². The van der Waals surface area contributed by atoms with Crippen LogP contribution in [0, 0.1) is 11.8 Å². The zero-order valence-corrected chi connectivity index (χ0v) is 8.90. The van der Waals surface area contributed by atoms with Gasteiger partial charge in [0.2, 0.25) is 0 Å². The van der Waals surface area contributed by atoms with Crippen LogP contribution in [0.15, 0.2) is 0 Å². The molecular formula is C9H19ClO. The second kappa shape index (κ2) is 4.32. The minimum Gasteiger partial charge on any atom is -0.273 e. The Labute approximate surface area is 75.2 Å². The van der Waals surface area contributed by atoms with E-state index in [4.69, 9.17) is 16.2 Å². The van der Waals surface area contributed by atoms with Gasteiger partial charge < -0.3 is 0 Å². The first-order valence-corrected chi connectivity index (χ1v) is 4.53. The zero-order valence-electron chi connectivity index (χ0n) is 8.15. The van der Waals surface area contributed by atoms with E-state index in [9.17, 15) is 0 Å². The lowest BCUT2D eigenvalue weighted by Gasteiger charge is -2.31. The van der Waals surface area contributed by atoms with Crippen LogP contribution in [0.2, 0.25) is 0 Å². The first-order valence-electron chi connectivity index (χ1n) is 4.22. The van der Waals surface area contributed by atoms with Crippen molar-refractivity contribution in [2.24, 2.45) is 11.8 Å². The average Bonchev–Trinajstić information content (AvgIpc) is 1.86. The SMILES string of the molecule is CC(C)CC(C)(OCl)C(C)C. The fourth-order valence-electron chi connectivity index (χ4n) is 1.17. The van der Waals surface area contributed by atoms with E-state index in [0.29, 0.717) is 11.8 Å². The van der Waals surface area contributed by atoms with Crippen LogP contribution in [0.4, 0.5) is 0 Å². The standard InChI is InChI=1S/C9H19ClO/c1-7(2)6-9(5,11-10)8(3)4/h7-8H,6H2,1-5H3. The van der Waals surface area contributed by atoms with Crippen molar-refractivity contribution in [3.05, 3.63) is 0 Å². The summed E-state index contributed by atoms with van der Waals surface area (Å²) in [6, 6.07) is 0. The van der Waals surface area contributed by atoms with E-state index in [1.165, 1.54) is 0 Å². The molecule has 0 heterocycles. The van der Waals surface area contributed by atoms with E-state index >= 15 is 0 Å². The van der Waals surface area contributed by atoms with Crippen LogP contribution in [-0.4, -0.2) is 5.60 Å². The summed E-state index contributed by atoms with van der Waals surface area (Å²) >= 11 is 5.45. The summed E-state index contributed by atoms with van der Waals surface area (Å²) in [5.41, 5.74) is -0.171. The minimum absolute atomic E-state index is 0.171. The average molecular weight is 179 g/mol. The number of hydrogen-bond donors (Lipinski definition) is 0. The summed E-state index contributed by atoms with van der Waals surface area (Å²) in [5.74, 6) is 1.09. The lowest BCUT2D eigenvalue weighted by molar-refractivity contribution is 0.0300. The lowest BCUT2D eigenvalue weighted by Crippen LogP contribution is -2.33. The summed E-state index contributed by atoms with van der Waals surface area (Å²) in [6.45, 7) is 10.7. The van der Waals surface area contributed by atoms with Crippen LogP contribution in [-0.2, 0) is 4.29 Å². The molecule has 0 aromatic carbocycles. The Morgan fingerprint density at radius 2 is 1.73 bits per heavy atom. The molecule has 11 heavy (non-hydrogen) atoms. The van der Waals surface area contributed by atoms with Gasteiger partial charge >= 0.3 is 0 Å². The normalized spacial score (nSPS) is 17.5. The Balaban J connectivity index is 4.10. The van der Waals surface area contributed by atoms with Crippen molar-refractivity contribution < 1.29 is 4.29 Å². The number of hydrogen-bond acceptors (Lipinski definition) is 1. The summed E-state index contributed by atoms with van der Waals surface area (Å²) < 4.78 is 4.98. The van der Waals surface area contributed by atoms with Crippen LogP contribution in [0.5, 0.6) is 0 Å². The van der Waals surface area contributed by atoms with Crippen molar-refractivity contribution in [1.82, 2.24) is 0 Å². The molecular weight excluding hydrogens is 160 g/mol. The van der Waals surface area contributed by atoms with Crippen molar-refractivity contribution in [1.29, 1.82) is 0 Å². The van der Waals surface area contributed by atoms with Gasteiger partial charge in [0.05, 0.1) is 17.5 Å². The highest BCUT2D eigenvalue weighted by Crippen LogP contribution is 2.29. The highest BCUT2D eigenvalue weighted by Gasteiger charge is 2.30. The largest absolute Gasteiger partial charge is 0.273 e. The Bertz CT molecular complexity index is 112. The molecule has 0 fully saturated rings. The molecule has 0 amide bonds. The molecule has 0 aromatic heterocycles. The van der Waals surface area contributed by atoms with Gasteiger partial charge in [0.1, 0.15) is 0 Å². The quantitative estimate of drug-likeness (QED) is 0.639. The maximum absolute atomic E-state index is 5.45. The van der Waals surface area contributed by atoms with Gasteiger partial charge in [-0.15, -0.1) is 0 Å². The Morgan fingerprint density at radius 3 is 1.82 bits per heavy atom. The molecule has 1 atom stereocenters. The minimum atomic E-state index is -0.171. The number of halogens is 1. The fraction of sp³-hybridized carbons (Fsp3) is 1.00. The third-order valence-electron chi connectivity index (χ3n) is 2.21. The molecule has 0 aromatic rings. The van der Waals surface area contributed by atoms with Gasteiger partial charge in [-0.25, -0.2) is 0 Å². The molecule has 0 radical (unpaired) electrons. The molecule has 1 unspecified atom stereocenters. The van der Waals surface area contributed by atoms with Crippen LogP contribution in [0.25, 0.3) is 0 Å². The third-order valence-corrected chi connectivity index (χ3v) is 2.56. The molecule has 0 bridgehead atoms. The Morgan fingerprint density at radius 1 is 1.27 bits per heavy atom. The van der Waals surface area contributed by atoms with E-state index in [2.05, 4.69) is 34.6 Å². The van der Waals surface area contributed by atoms with Gasteiger partial charge in [-0.05, 0) is 25.2 Å². The fourth-order valence-corrected chi connectivity index (χ4v) is 1.41. The van der Waals surface area contributed by atoms with Gasteiger partial charge in [-0.2, -0.15) is 0 Å². The van der Waals surface area contributed by atoms with Crippen molar-refractivity contribution in [3.63, 3.8) is 0 Å². The van der Waals surface area contributed by atoms with Crippen molar-refractivity contribution >= 4 is 11.9 Å². The van der Waals surface area contributed by atoms with E-state index in [0.717, 1.165) is 6.42 Å². The predicted molar refractivity (Wildman–Crippen MR) is 49.6 cm³/mol. The van der Waals surface area contributed by atoms with E-state index in [1.807, 2.05) is 0 Å². The second-order valence-corrected chi connectivity index (χ2v) is 4.30. The van der Waals surface area contributed by atoms with E-state index in [-0.39, 0.29) is 5.60 Å². The molecule has 68 valence electrons. The molecule has 0 saturated carbocycles. The molecule has 0 aliphatic rings. The Kier molecular flexibility index (Phi) is 4.42. The first kappa shape index (κ1) is 11.2. The van der Waals surface area contributed by atoms with Crippen molar-refractivity contribution in [2.75, 3.05) is 0 Å². The Hall–Kier alpha value is 0.250. The summed E-state index contributed by atoms with van der Waals surface area (Å²) in [7, 11) is 0. The maximum Gasteiger partial charge on any atom is 0.0894 e. The molecule has 2 heteroatoms. The zero-order chi connectivity index (χ0) is 9.07. The number of rotatable bonds is 4. The van der Waals surface area contributed by atoms with Gasteiger partial charge in [0.15, 0.2) is 0 Å². The summed E-state index contributed by atoms with van der Waals surface area (Å²) in [4.78, 5) is 0. The monoisotopic (exact) mass is 178 g/mol. The maximum atomic E-state index is 5.45. The molecule has 0 rings (SSSR count). The van der Waals surface area contributed by atoms with Gasteiger partial charge in [-0.3, -0.25) is 4.29 Å². The van der Waals surface area contributed by atoms with Gasteiger partial charge in [0.25, 0.3) is 0 Å². The highest BCUT2D eigenvalue weighted by atomic mass is 35.5. The van der Waals surface area contributed by atoms with E-state index < -0.39 is 0 Å². The highest BCUT2D eigenvalue weighted by molar-refractivity contribution is 6.07. The first-order chi connectivity index (χ1) is 4.92. The molecule has 0 spiro atoms. The summed E-state index contributed by atoms with van der Waals surface area (Å²) in [5, 5.41) is 0. The van der Waals surface area contributed by atoms with Gasteiger partial charge in [0, 0.05) is 0 Å². The second-order valence-electron chi connectivity index (χ2n) is 4.14. The van der Waals surface area contributed by atoms with Gasteiger partial charge in [-0.1, -0.05) is 27.7 Å².